The van der Waals surface area contributed by atoms with Gasteiger partial charge >= 0.3 is 5.97 Å². The third kappa shape index (κ3) is 4.05. The minimum atomic E-state index is -0.805. The molecule has 2 rings (SSSR count). The number of carbonyl (C=O) groups excluding carboxylic acids is 1. The number of rotatable bonds is 4. The van der Waals surface area contributed by atoms with Crippen LogP contribution < -0.4 is 5.32 Å². The molecule has 0 aromatic heterocycles. The number of amides is 1. The number of hydrogen-bond donors (Lipinski definition) is 2. The van der Waals surface area contributed by atoms with Gasteiger partial charge in [-0.1, -0.05) is 15.9 Å². The maximum atomic E-state index is 12.1. The second-order valence-electron chi connectivity index (χ2n) is 5.50. The number of carbonyl (C=O) groups is 2. The van der Waals surface area contributed by atoms with Crippen LogP contribution in [-0.4, -0.2) is 41.5 Å². The van der Waals surface area contributed by atoms with Crippen molar-refractivity contribution in [3.05, 3.63) is 27.1 Å². The number of likely N-dealkylation sites (tertiary alicyclic amines) is 1. The van der Waals surface area contributed by atoms with Crippen LogP contribution in [0.15, 0.2) is 27.1 Å². The Bertz CT molecular complexity index is 579. The third-order valence-electron chi connectivity index (χ3n) is 3.64. The molecule has 114 valence electrons. The van der Waals surface area contributed by atoms with Crippen LogP contribution in [0.4, 0.5) is 5.69 Å². The minimum absolute atomic E-state index is 0.146. The second kappa shape index (κ2) is 6.46. The number of nitrogens with one attached hydrogen (secondary N) is 1. The van der Waals surface area contributed by atoms with Gasteiger partial charge in [-0.15, -0.1) is 0 Å². The first-order chi connectivity index (χ1) is 9.80. The van der Waals surface area contributed by atoms with Crippen molar-refractivity contribution in [3.63, 3.8) is 0 Å². The number of carboxylic acid groups (broad SMARTS) is 1. The molecule has 1 aromatic carbocycles. The molecule has 0 aliphatic carbocycles. The molecule has 1 unspecified atom stereocenters. The third-order valence-corrected chi connectivity index (χ3v) is 4.79. The van der Waals surface area contributed by atoms with Gasteiger partial charge in [0.2, 0.25) is 5.91 Å². The number of benzene rings is 1. The Morgan fingerprint density at radius 1 is 1.43 bits per heavy atom. The molecular formula is C14H16Br2N2O3. The molecule has 1 aliphatic heterocycles. The Kier molecular flexibility index (Phi) is 5.06. The monoisotopic (exact) mass is 418 g/mol. The van der Waals surface area contributed by atoms with Crippen molar-refractivity contribution >= 4 is 49.4 Å². The summed E-state index contributed by atoms with van der Waals surface area (Å²) in [5.41, 5.74) is -0.0539. The van der Waals surface area contributed by atoms with E-state index in [4.69, 9.17) is 0 Å². The van der Waals surface area contributed by atoms with Gasteiger partial charge in [-0.25, -0.2) is 0 Å². The Morgan fingerprint density at radius 2 is 2.14 bits per heavy atom. The van der Waals surface area contributed by atoms with Crippen LogP contribution in [0.2, 0.25) is 0 Å². The van der Waals surface area contributed by atoms with Crippen LogP contribution in [0.5, 0.6) is 0 Å². The molecule has 0 saturated carbocycles. The van der Waals surface area contributed by atoms with Crippen molar-refractivity contribution in [2.45, 2.75) is 13.3 Å². The molecule has 2 N–H and O–H groups in total. The Labute approximate surface area is 140 Å². The molecule has 1 fully saturated rings. The van der Waals surface area contributed by atoms with Gasteiger partial charge in [0.05, 0.1) is 17.6 Å². The van der Waals surface area contributed by atoms with Crippen LogP contribution in [-0.2, 0) is 9.59 Å². The molecule has 0 bridgehead atoms. The van der Waals surface area contributed by atoms with Gasteiger partial charge in [0.25, 0.3) is 0 Å². The number of carboxylic acids is 1. The summed E-state index contributed by atoms with van der Waals surface area (Å²) >= 11 is 6.74. The minimum Gasteiger partial charge on any atom is -0.481 e. The maximum absolute atomic E-state index is 12.1. The van der Waals surface area contributed by atoms with E-state index in [9.17, 15) is 14.7 Å². The van der Waals surface area contributed by atoms with Crippen LogP contribution in [0.25, 0.3) is 0 Å². The van der Waals surface area contributed by atoms with E-state index in [2.05, 4.69) is 37.2 Å². The molecule has 0 spiro atoms. The highest BCUT2D eigenvalue weighted by molar-refractivity contribution is 9.11. The first-order valence-corrected chi connectivity index (χ1v) is 8.09. The predicted octanol–water partition coefficient (Wildman–Crippen LogP) is 2.95. The summed E-state index contributed by atoms with van der Waals surface area (Å²) < 4.78 is 1.71. The molecule has 0 radical (unpaired) electrons. The lowest BCUT2D eigenvalue weighted by atomic mass is 9.90. The smallest absolute Gasteiger partial charge is 0.310 e. The summed E-state index contributed by atoms with van der Waals surface area (Å²) in [5.74, 6) is -0.950. The van der Waals surface area contributed by atoms with E-state index >= 15 is 0 Å². The van der Waals surface area contributed by atoms with Crippen molar-refractivity contribution in [2.75, 3.05) is 25.0 Å². The molecule has 1 aliphatic rings. The Morgan fingerprint density at radius 3 is 2.71 bits per heavy atom. The second-order valence-corrected chi connectivity index (χ2v) is 7.27. The fourth-order valence-corrected chi connectivity index (χ4v) is 3.50. The summed E-state index contributed by atoms with van der Waals surface area (Å²) in [6.45, 7) is 2.94. The average molecular weight is 420 g/mol. The van der Waals surface area contributed by atoms with Crippen LogP contribution in [0, 0.1) is 5.41 Å². The zero-order chi connectivity index (χ0) is 15.6. The molecular weight excluding hydrogens is 404 g/mol. The zero-order valence-corrected chi connectivity index (χ0v) is 14.7. The van der Waals surface area contributed by atoms with E-state index in [1.165, 1.54) is 0 Å². The van der Waals surface area contributed by atoms with E-state index in [1.54, 1.807) is 13.0 Å². The van der Waals surface area contributed by atoms with Crippen LogP contribution in [0.1, 0.15) is 13.3 Å². The van der Waals surface area contributed by atoms with Gasteiger partial charge in [0.15, 0.2) is 0 Å². The quantitative estimate of drug-likeness (QED) is 0.787. The molecule has 1 amide bonds. The van der Waals surface area contributed by atoms with Crippen LogP contribution >= 0.6 is 31.9 Å². The zero-order valence-electron chi connectivity index (χ0n) is 11.5. The SMILES string of the molecule is CC1(C(=O)O)CCN(CC(=O)Nc2ccc(Br)cc2Br)C1. The summed E-state index contributed by atoms with van der Waals surface area (Å²) in [4.78, 5) is 25.1. The largest absolute Gasteiger partial charge is 0.481 e. The number of anilines is 1. The van der Waals surface area contributed by atoms with E-state index in [1.807, 2.05) is 17.0 Å². The van der Waals surface area contributed by atoms with Gasteiger partial charge in [0, 0.05) is 15.5 Å². The molecule has 1 heterocycles. The van der Waals surface area contributed by atoms with Gasteiger partial charge in [-0.3, -0.25) is 14.5 Å². The lowest BCUT2D eigenvalue weighted by Gasteiger charge is -2.19. The highest BCUT2D eigenvalue weighted by Crippen LogP contribution is 2.30. The average Bonchev–Trinajstić information content (AvgIpc) is 2.76. The highest BCUT2D eigenvalue weighted by Gasteiger charge is 2.40. The van der Waals surface area contributed by atoms with E-state index in [-0.39, 0.29) is 12.5 Å². The summed E-state index contributed by atoms with van der Waals surface area (Å²) in [7, 11) is 0. The topological polar surface area (TPSA) is 69.6 Å². The molecule has 1 atom stereocenters. The predicted molar refractivity (Wildman–Crippen MR) is 87.3 cm³/mol. The number of halogens is 2. The first kappa shape index (κ1) is 16.5. The fourth-order valence-electron chi connectivity index (χ4n) is 2.35. The Balaban J connectivity index is 1.93. The van der Waals surface area contributed by atoms with Crippen molar-refractivity contribution in [1.29, 1.82) is 0 Å². The van der Waals surface area contributed by atoms with E-state index < -0.39 is 11.4 Å². The standard InChI is InChI=1S/C14H16Br2N2O3/c1-14(13(20)21)4-5-18(8-14)7-12(19)17-11-3-2-9(15)6-10(11)16/h2-3,6H,4-5,7-8H2,1H3,(H,17,19)(H,20,21). The van der Waals surface area contributed by atoms with Crippen molar-refractivity contribution in [2.24, 2.45) is 5.41 Å². The van der Waals surface area contributed by atoms with Gasteiger partial charge in [-0.2, -0.15) is 0 Å². The number of aliphatic carboxylic acids is 1. The molecule has 5 nitrogen and oxygen atoms in total. The van der Waals surface area contributed by atoms with Gasteiger partial charge in [0.1, 0.15) is 0 Å². The normalized spacial score (nSPS) is 22.2. The lowest BCUT2D eigenvalue weighted by molar-refractivity contribution is -0.147. The fraction of sp³-hybridized carbons (Fsp3) is 0.429. The van der Waals surface area contributed by atoms with Crippen molar-refractivity contribution in [1.82, 2.24) is 4.90 Å². The molecule has 7 heteroatoms. The number of nitrogens with zero attached hydrogens (tertiary/aromatic N) is 1. The number of hydrogen-bond acceptors (Lipinski definition) is 3. The first-order valence-electron chi connectivity index (χ1n) is 6.51. The van der Waals surface area contributed by atoms with Crippen molar-refractivity contribution < 1.29 is 14.7 Å². The van der Waals surface area contributed by atoms with Gasteiger partial charge < -0.3 is 10.4 Å². The van der Waals surface area contributed by atoms with Crippen molar-refractivity contribution in [3.8, 4) is 0 Å². The van der Waals surface area contributed by atoms with Gasteiger partial charge in [-0.05, 0) is 54.0 Å². The molecule has 21 heavy (non-hydrogen) atoms. The van der Waals surface area contributed by atoms with E-state index in [0.29, 0.717) is 25.2 Å². The van der Waals surface area contributed by atoms with E-state index in [0.717, 1.165) is 8.95 Å². The highest BCUT2D eigenvalue weighted by atomic mass is 79.9. The lowest BCUT2D eigenvalue weighted by Crippen LogP contribution is -2.35. The Hall–Kier alpha value is -0.920. The maximum Gasteiger partial charge on any atom is 0.310 e. The summed E-state index contributed by atoms with van der Waals surface area (Å²) in [6.07, 6.45) is 0.567. The molecule has 1 saturated heterocycles. The summed E-state index contributed by atoms with van der Waals surface area (Å²) in [5, 5.41) is 12.0. The molecule has 1 aromatic rings. The van der Waals surface area contributed by atoms with Crippen LogP contribution in [0.3, 0.4) is 0 Å². The summed E-state index contributed by atoms with van der Waals surface area (Å²) in [6, 6.07) is 5.50.